The van der Waals surface area contributed by atoms with Gasteiger partial charge in [0.2, 0.25) is 0 Å². The maximum atomic E-state index is 3.56. The molecule has 126 valence electrons. The number of nitrogens with one attached hydrogen (secondary N) is 2. The Kier molecular flexibility index (Phi) is 3.36. The van der Waals surface area contributed by atoms with E-state index in [-0.39, 0.29) is 0 Å². The summed E-state index contributed by atoms with van der Waals surface area (Å²) >= 11 is 0. The van der Waals surface area contributed by atoms with E-state index >= 15 is 0 Å². The number of allylic oxidation sites excluding steroid dienone is 1. The number of hydrogen-bond donors (Lipinski definition) is 2. The van der Waals surface area contributed by atoms with Gasteiger partial charge in [-0.15, -0.1) is 0 Å². The van der Waals surface area contributed by atoms with E-state index in [1.165, 1.54) is 50.8 Å². The number of nitrogens with zero attached hydrogens (tertiary/aromatic N) is 2. The van der Waals surface area contributed by atoms with Crippen LogP contribution in [-0.2, 0) is 0 Å². The van der Waals surface area contributed by atoms with Gasteiger partial charge in [-0.05, 0) is 75.3 Å². The van der Waals surface area contributed by atoms with Gasteiger partial charge in [-0.2, -0.15) is 0 Å². The van der Waals surface area contributed by atoms with Crippen LogP contribution in [0.5, 0.6) is 0 Å². The number of likely N-dealkylation sites (N-methyl/N-ethyl adjacent to an activating group) is 1. The first-order valence-corrected chi connectivity index (χ1v) is 9.65. The second-order valence-corrected chi connectivity index (χ2v) is 8.57. The Morgan fingerprint density at radius 1 is 1.09 bits per heavy atom. The molecule has 1 saturated heterocycles. The number of rotatable bonds is 3. The van der Waals surface area contributed by atoms with Crippen molar-refractivity contribution in [3.8, 4) is 0 Å². The Morgan fingerprint density at radius 2 is 1.83 bits per heavy atom. The van der Waals surface area contributed by atoms with Gasteiger partial charge in [0.05, 0.1) is 11.7 Å². The molecule has 0 radical (unpaired) electrons. The van der Waals surface area contributed by atoms with Crippen molar-refractivity contribution in [2.24, 2.45) is 23.7 Å². The third-order valence-electron chi connectivity index (χ3n) is 7.21. The van der Waals surface area contributed by atoms with Crippen molar-refractivity contribution < 1.29 is 0 Å². The van der Waals surface area contributed by atoms with Crippen molar-refractivity contribution in [2.45, 2.75) is 50.6 Å². The van der Waals surface area contributed by atoms with Crippen LogP contribution >= 0.6 is 0 Å². The molecule has 6 aliphatic rings. The van der Waals surface area contributed by atoms with Crippen molar-refractivity contribution in [1.82, 2.24) is 20.7 Å². The SMILES string of the molecule is CN[C@@H]1CCN(C2=CN(C3C4CC5CC(C4)CC3C5)NC=C2)C1. The molecule has 1 atom stereocenters. The van der Waals surface area contributed by atoms with E-state index in [2.05, 4.69) is 46.2 Å². The summed E-state index contributed by atoms with van der Waals surface area (Å²) in [5.41, 5.74) is 4.96. The fourth-order valence-electron chi connectivity index (χ4n) is 6.37. The van der Waals surface area contributed by atoms with Gasteiger partial charge in [0.15, 0.2) is 0 Å². The van der Waals surface area contributed by atoms with Gasteiger partial charge in [0, 0.05) is 31.5 Å². The zero-order valence-corrected chi connectivity index (χ0v) is 14.2. The smallest absolute Gasteiger partial charge is 0.0563 e. The molecule has 2 aliphatic heterocycles. The minimum absolute atomic E-state index is 0.647. The van der Waals surface area contributed by atoms with Crippen LogP contribution in [0.4, 0.5) is 0 Å². The van der Waals surface area contributed by atoms with E-state index in [0.29, 0.717) is 6.04 Å². The van der Waals surface area contributed by atoms with Crippen LogP contribution in [0, 0.1) is 23.7 Å². The minimum atomic E-state index is 0.647. The second-order valence-electron chi connectivity index (χ2n) is 8.57. The van der Waals surface area contributed by atoms with Crippen molar-refractivity contribution >= 4 is 0 Å². The molecule has 0 aromatic rings. The van der Waals surface area contributed by atoms with Crippen LogP contribution in [0.2, 0.25) is 0 Å². The molecule has 23 heavy (non-hydrogen) atoms. The van der Waals surface area contributed by atoms with E-state index in [0.717, 1.165) is 36.3 Å². The molecule has 4 nitrogen and oxygen atoms in total. The highest BCUT2D eigenvalue weighted by atomic mass is 15.5. The lowest BCUT2D eigenvalue weighted by atomic mass is 9.54. The third-order valence-corrected chi connectivity index (χ3v) is 7.21. The van der Waals surface area contributed by atoms with E-state index in [4.69, 9.17) is 0 Å². The summed E-state index contributed by atoms with van der Waals surface area (Å²) in [6.45, 7) is 2.32. The van der Waals surface area contributed by atoms with Crippen LogP contribution in [0.1, 0.15) is 38.5 Å². The highest BCUT2D eigenvalue weighted by Gasteiger charge is 2.50. The lowest BCUT2D eigenvalue weighted by Gasteiger charge is -2.57. The first-order chi connectivity index (χ1) is 11.3. The molecule has 4 bridgehead atoms. The van der Waals surface area contributed by atoms with Crippen LogP contribution in [0.15, 0.2) is 24.2 Å². The molecule has 0 aromatic heterocycles. The van der Waals surface area contributed by atoms with Crippen molar-refractivity contribution in [2.75, 3.05) is 20.1 Å². The molecule has 4 saturated carbocycles. The fourth-order valence-corrected chi connectivity index (χ4v) is 6.37. The average Bonchev–Trinajstić information content (AvgIpc) is 3.03. The van der Waals surface area contributed by atoms with Crippen LogP contribution in [-0.4, -0.2) is 42.1 Å². The van der Waals surface area contributed by atoms with E-state index in [9.17, 15) is 0 Å². The lowest BCUT2D eigenvalue weighted by Crippen LogP contribution is -2.57. The summed E-state index contributed by atoms with van der Waals surface area (Å²) in [6.07, 6.45) is 15.5. The molecule has 0 spiro atoms. The molecule has 0 unspecified atom stereocenters. The first-order valence-electron chi connectivity index (χ1n) is 9.65. The Hall–Kier alpha value is -1.16. The largest absolute Gasteiger partial charge is 0.369 e. The van der Waals surface area contributed by atoms with Crippen LogP contribution in [0.3, 0.4) is 0 Å². The molecule has 2 N–H and O–H groups in total. The summed E-state index contributed by atoms with van der Waals surface area (Å²) in [5, 5.41) is 5.91. The standard InChI is InChI=1S/C19H30N4/c1-20-17-3-5-22(11-17)18-2-4-21-23(12-18)19-15-7-13-6-14(9-15)10-16(19)8-13/h2,4,12-17,19-21H,3,5-11H2,1H3/t13?,14?,15?,16?,17-,19?/m1/s1. The van der Waals surface area contributed by atoms with Gasteiger partial charge in [-0.1, -0.05) is 0 Å². The molecule has 5 fully saturated rings. The molecule has 0 aromatic carbocycles. The van der Waals surface area contributed by atoms with Crippen molar-refractivity contribution in [3.05, 3.63) is 24.2 Å². The summed E-state index contributed by atoms with van der Waals surface area (Å²) < 4.78 is 0. The molecule has 4 heteroatoms. The number of hydrogen-bond acceptors (Lipinski definition) is 4. The highest BCUT2D eigenvalue weighted by Crippen LogP contribution is 2.55. The average molecular weight is 314 g/mol. The van der Waals surface area contributed by atoms with Gasteiger partial charge in [0.1, 0.15) is 0 Å². The Bertz CT molecular complexity index is 497. The van der Waals surface area contributed by atoms with Gasteiger partial charge in [0.25, 0.3) is 0 Å². The van der Waals surface area contributed by atoms with Gasteiger partial charge in [-0.3, -0.25) is 5.01 Å². The van der Waals surface area contributed by atoms with Gasteiger partial charge in [-0.25, -0.2) is 0 Å². The minimum Gasteiger partial charge on any atom is -0.369 e. The van der Waals surface area contributed by atoms with Gasteiger partial charge >= 0.3 is 0 Å². The number of likely N-dealkylation sites (tertiary alicyclic amines) is 1. The van der Waals surface area contributed by atoms with Gasteiger partial charge < -0.3 is 15.6 Å². The van der Waals surface area contributed by atoms with Crippen LogP contribution in [0.25, 0.3) is 0 Å². The summed E-state index contributed by atoms with van der Waals surface area (Å²) in [7, 11) is 2.08. The maximum Gasteiger partial charge on any atom is 0.0563 e. The Morgan fingerprint density at radius 3 is 2.48 bits per heavy atom. The Balaban J connectivity index is 1.34. The number of hydrazine groups is 1. The topological polar surface area (TPSA) is 30.5 Å². The normalized spacial score (nSPS) is 44.7. The summed E-state index contributed by atoms with van der Waals surface area (Å²) in [5.74, 6) is 3.94. The van der Waals surface area contributed by atoms with Crippen molar-refractivity contribution in [3.63, 3.8) is 0 Å². The predicted molar refractivity (Wildman–Crippen MR) is 92.1 cm³/mol. The molecular weight excluding hydrogens is 284 g/mol. The third kappa shape index (κ3) is 2.37. The van der Waals surface area contributed by atoms with E-state index < -0.39 is 0 Å². The summed E-state index contributed by atoms with van der Waals surface area (Å²) in [6, 6.07) is 1.37. The Labute approximate surface area is 139 Å². The summed E-state index contributed by atoms with van der Waals surface area (Å²) in [4.78, 5) is 2.54. The van der Waals surface area contributed by atoms with E-state index in [1.54, 1.807) is 0 Å². The predicted octanol–water partition coefficient (Wildman–Crippen LogP) is 2.28. The fraction of sp³-hybridized carbons (Fsp3) is 0.789. The molecular formula is C19H30N4. The zero-order chi connectivity index (χ0) is 15.4. The zero-order valence-electron chi connectivity index (χ0n) is 14.2. The lowest BCUT2D eigenvalue weighted by molar-refractivity contribution is -0.0614. The molecule has 6 rings (SSSR count). The molecule has 2 heterocycles. The van der Waals surface area contributed by atoms with Crippen LogP contribution < -0.4 is 10.7 Å². The highest BCUT2D eigenvalue weighted by molar-refractivity contribution is 5.22. The first kappa shape index (κ1) is 14.2. The quantitative estimate of drug-likeness (QED) is 0.837. The molecule has 0 amide bonds. The van der Waals surface area contributed by atoms with E-state index in [1.807, 2.05) is 0 Å². The maximum absolute atomic E-state index is 3.56. The van der Waals surface area contributed by atoms with Crippen molar-refractivity contribution in [1.29, 1.82) is 0 Å². The monoisotopic (exact) mass is 314 g/mol. The second kappa shape index (κ2) is 5.44. The molecule has 4 aliphatic carbocycles.